The van der Waals surface area contributed by atoms with Crippen molar-refractivity contribution >= 4 is 5.91 Å². The molecule has 0 heterocycles. The van der Waals surface area contributed by atoms with Crippen molar-refractivity contribution in [2.24, 2.45) is 16.6 Å². The number of rotatable bonds is 4. The van der Waals surface area contributed by atoms with Gasteiger partial charge < -0.3 is 5.73 Å². The van der Waals surface area contributed by atoms with E-state index < -0.39 is 0 Å². The molecule has 1 amide bonds. The van der Waals surface area contributed by atoms with Crippen LogP contribution in [0.2, 0.25) is 0 Å². The molecule has 0 aromatic rings. The fourth-order valence-electron chi connectivity index (χ4n) is 2.25. The number of hydrogen-bond acceptors (Lipinski definition) is 1. The Bertz CT molecular complexity index is 192. The van der Waals surface area contributed by atoms with Gasteiger partial charge in [-0.2, -0.15) is 0 Å². The van der Waals surface area contributed by atoms with E-state index in [1.54, 1.807) is 0 Å². The summed E-state index contributed by atoms with van der Waals surface area (Å²) in [5, 5.41) is 0. The second-order valence-electron chi connectivity index (χ2n) is 4.58. The minimum absolute atomic E-state index is 0.0963. The van der Waals surface area contributed by atoms with Crippen molar-refractivity contribution < 1.29 is 4.79 Å². The van der Waals surface area contributed by atoms with Crippen molar-refractivity contribution in [2.45, 2.75) is 46.5 Å². The molecule has 2 nitrogen and oxygen atoms in total. The average Bonchev–Trinajstić information content (AvgIpc) is 2.64. The number of nitrogens with two attached hydrogens (primary N) is 1. The van der Waals surface area contributed by atoms with Crippen LogP contribution in [0.25, 0.3) is 0 Å². The Hall–Kier alpha value is -0.530. The molecular weight excluding hydrogens is 150 g/mol. The van der Waals surface area contributed by atoms with Gasteiger partial charge in [-0.1, -0.05) is 27.2 Å². The van der Waals surface area contributed by atoms with Crippen LogP contribution in [0.4, 0.5) is 0 Å². The summed E-state index contributed by atoms with van der Waals surface area (Å²) in [7, 11) is 0. The molecule has 0 aromatic heterocycles. The fourth-order valence-corrected chi connectivity index (χ4v) is 2.25. The molecule has 1 saturated carbocycles. The summed E-state index contributed by atoms with van der Waals surface area (Å²) in [6.07, 6.45) is 4.21. The van der Waals surface area contributed by atoms with Gasteiger partial charge in [-0.05, 0) is 24.7 Å². The molecule has 0 atom stereocenters. The molecule has 1 aliphatic carbocycles. The monoisotopic (exact) mass is 169 g/mol. The molecule has 0 radical (unpaired) electrons. The van der Waals surface area contributed by atoms with Gasteiger partial charge >= 0.3 is 0 Å². The van der Waals surface area contributed by atoms with Crippen LogP contribution in [-0.4, -0.2) is 5.91 Å². The Labute approximate surface area is 74.5 Å². The molecule has 0 aromatic carbocycles. The van der Waals surface area contributed by atoms with Gasteiger partial charge in [0.15, 0.2) is 0 Å². The quantitative estimate of drug-likeness (QED) is 0.688. The molecule has 1 rings (SSSR count). The molecule has 2 N–H and O–H groups in total. The summed E-state index contributed by atoms with van der Waals surface area (Å²) in [5.41, 5.74) is 5.35. The predicted octanol–water partition coefficient (Wildman–Crippen LogP) is 2.08. The molecule has 2 heteroatoms. The van der Waals surface area contributed by atoms with E-state index in [1.165, 1.54) is 0 Å². The first kappa shape index (κ1) is 9.56. The van der Waals surface area contributed by atoms with E-state index in [-0.39, 0.29) is 16.7 Å². The predicted molar refractivity (Wildman–Crippen MR) is 49.6 cm³/mol. The second-order valence-corrected chi connectivity index (χ2v) is 4.58. The topological polar surface area (TPSA) is 43.1 Å². The number of carbonyl (C=O) groups is 1. The zero-order chi connectivity index (χ0) is 9.41. The highest BCUT2D eigenvalue weighted by Gasteiger charge is 2.58. The van der Waals surface area contributed by atoms with E-state index >= 15 is 0 Å². The lowest BCUT2D eigenvalue weighted by Crippen LogP contribution is -2.37. The van der Waals surface area contributed by atoms with Crippen molar-refractivity contribution in [3.05, 3.63) is 0 Å². The molecule has 0 saturated heterocycles. The summed E-state index contributed by atoms with van der Waals surface area (Å²) in [6, 6.07) is 0. The van der Waals surface area contributed by atoms with Crippen LogP contribution in [-0.2, 0) is 4.79 Å². The lowest BCUT2D eigenvalue weighted by Gasteiger charge is -2.32. The number of hydrogen-bond donors (Lipinski definition) is 1. The van der Waals surface area contributed by atoms with Crippen LogP contribution in [0.3, 0.4) is 0 Å². The Morgan fingerprint density at radius 1 is 1.50 bits per heavy atom. The van der Waals surface area contributed by atoms with Gasteiger partial charge in [-0.3, -0.25) is 4.79 Å². The van der Waals surface area contributed by atoms with Crippen molar-refractivity contribution in [2.75, 3.05) is 0 Å². The third-order valence-electron chi connectivity index (χ3n) is 3.39. The van der Waals surface area contributed by atoms with E-state index in [9.17, 15) is 4.79 Å². The zero-order valence-electron chi connectivity index (χ0n) is 8.31. The summed E-state index contributed by atoms with van der Waals surface area (Å²) in [5.74, 6) is -0.0963. The minimum Gasteiger partial charge on any atom is -0.369 e. The van der Waals surface area contributed by atoms with Crippen LogP contribution in [0.1, 0.15) is 46.5 Å². The van der Waals surface area contributed by atoms with Gasteiger partial charge in [0.1, 0.15) is 0 Å². The van der Waals surface area contributed by atoms with Gasteiger partial charge in [0.2, 0.25) is 5.91 Å². The van der Waals surface area contributed by atoms with Crippen LogP contribution < -0.4 is 5.73 Å². The maximum Gasteiger partial charge on any atom is 0.224 e. The molecular formula is C10H19NO. The SMILES string of the molecule is CCCC(C)(C)C1(C(N)=O)CC1. The summed E-state index contributed by atoms with van der Waals surface area (Å²) >= 11 is 0. The highest BCUT2D eigenvalue weighted by molar-refractivity contribution is 5.84. The van der Waals surface area contributed by atoms with Gasteiger partial charge in [-0.25, -0.2) is 0 Å². The largest absolute Gasteiger partial charge is 0.369 e. The van der Waals surface area contributed by atoms with Gasteiger partial charge in [0, 0.05) is 0 Å². The molecule has 12 heavy (non-hydrogen) atoms. The molecule has 0 unspecified atom stereocenters. The Morgan fingerprint density at radius 2 is 2.00 bits per heavy atom. The van der Waals surface area contributed by atoms with Gasteiger partial charge in [0.25, 0.3) is 0 Å². The second kappa shape index (κ2) is 2.75. The third kappa shape index (κ3) is 1.23. The van der Waals surface area contributed by atoms with Crippen LogP contribution in [0.5, 0.6) is 0 Å². The molecule has 0 aliphatic heterocycles. The van der Waals surface area contributed by atoms with Crippen molar-refractivity contribution in [3.63, 3.8) is 0 Å². The average molecular weight is 169 g/mol. The molecule has 0 bridgehead atoms. The molecule has 70 valence electrons. The van der Waals surface area contributed by atoms with E-state index in [4.69, 9.17) is 5.73 Å². The lowest BCUT2D eigenvalue weighted by molar-refractivity contribution is -0.127. The zero-order valence-corrected chi connectivity index (χ0v) is 8.31. The summed E-state index contributed by atoms with van der Waals surface area (Å²) in [6.45, 7) is 6.47. The van der Waals surface area contributed by atoms with Crippen LogP contribution in [0.15, 0.2) is 0 Å². The maximum absolute atomic E-state index is 11.2. The first-order valence-electron chi connectivity index (χ1n) is 4.76. The third-order valence-corrected chi connectivity index (χ3v) is 3.39. The highest BCUT2D eigenvalue weighted by atomic mass is 16.1. The summed E-state index contributed by atoms with van der Waals surface area (Å²) in [4.78, 5) is 11.2. The van der Waals surface area contributed by atoms with Crippen molar-refractivity contribution in [3.8, 4) is 0 Å². The Kier molecular flexibility index (Phi) is 2.19. The standard InChI is InChI=1S/C10H19NO/c1-4-5-9(2,3)10(6-7-10)8(11)12/h4-7H2,1-3H3,(H2,11,12). The number of amides is 1. The van der Waals surface area contributed by atoms with Crippen molar-refractivity contribution in [1.82, 2.24) is 0 Å². The molecule has 1 fully saturated rings. The Balaban J connectivity index is 2.73. The smallest absolute Gasteiger partial charge is 0.224 e. The molecule has 1 aliphatic rings. The highest BCUT2D eigenvalue weighted by Crippen LogP contribution is 2.60. The van der Waals surface area contributed by atoms with E-state index in [0.29, 0.717) is 0 Å². The first-order chi connectivity index (χ1) is 5.46. The normalized spacial score (nSPS) is 20.6. The van der Waals surface area contributed by atoms with Crippen LogP contribution >= 0.6 is 0 Å². The maximum atomic E-state index is 11.2. The number of carbonyl (C=O) groups excluding carboxylic acids is 1. The van der Waals surface area contributed by atoms with Gasteiger partial charge in [0.05, 0.1) is 5.41 Å². The number of primary amides is 1. The summed E-state index contributed by atoms with van der Waals surface area (Å²) < 4.78 is 0. The fraction of sp³-hybridized carbons (Fsp3) is 0.900. The van der Waals surface area contributed by atoms with E-state index in [1.807, 2.05) is 0 Å². The lowest BCUT2D eigenvalue weighted by atomic mass is 9.72. The van der Waals surface area contributed by atoms with Crippen LogP contribution in [0, 0.1) is 10.8 Å². The molecule has 0 spiro atoms. The van der Waals surface area contributed by atoms with E-state index in [0.717, 1.165) is 25.7 Å². The minimum atomic E-state index is -0.164. The van der Waals surface area contributed by atoms with Gasteiger partial charge in [-0.15, -0.1) is 0 Å². The van der Waals surface area contributed by atoms with E-state index in [2.05, 4.69) is 20.8 Å². The van der Waals surface area contributed by atoms with Crippen molar-refractivity contribution in [1.29, 1.82) is 0 Å². The Morgan fingerprint density at radius 3 is 2.25 bits per heavy atom. The first-order valence-corrected chi connectivity index (χ1v) is 4.76.